The standard InChI is InChI=1S/C17H28N6O2S/c1-18-17-14-6-10-23(26(24,25)22-8-3-2-4-9-22)12-15(14)20-16(21-17)13-5-7-19-11-13/h13,19H,2-12H2,1H3,(H,18,20,21)/t13-/m1/s1. The van der Waals surface area contributed by atoms with Gasteiger partial charge in [0, 0.05) is 44.7 Å². The van der Waals surface area contributed by atoms with Crippen molar-refractivity contribution >= 4 is 16.0 Å². The molecule has 0 unspecified atom stereocenters. The van der Waals surface area contributed by atoms with Crippen LogP contribution >= 0.6 is 0 Å². The van der Waals surface area contributed by atoms with Gasteiger partial charge in [-0.25, -0.2) is 9.97 Å². The van der Waals surface area contributed by atoms with Gasteiger partial charge in [0.1, 0.15) is 11.6 Å². The average molecular weight is 381 g/mol. The van der Waals surface area contributed by atoms with E-state index in [1.165, 1.54) is 0 Å². The molecule has 0 radical (unpaired) electrons. The van der Waals surface area contributed by atoms with Gasteiger partial charge in [-0.1, -0.05) is 6.42 Å². The van der Waals surface area contributed by atoms with E-state index in [9.17, 15) is 8.42 Å². The third-order valence-corrected chi connectivity index (χ3v) is 7.66. The van der Waals surface area contributed by atoms with Crippen molar-refractivity contribution in [2.24, 2.45) is 0 Å². The van der Waals surface area contributed by atoms with Gasteiger partial charge in [-0.05, 0) is 32.2 Å². The van der Waals surface area contributed by atoms with Gasteiger partial charge in [-0.2, -0.15) is 17.0 Å². The van der Waals surface area contributed by atoms with Gasteiger partial charge in [0.05, 0.1) is 12.2 Å². The van der Waals surface area contributed by atoms with E-state index < -0.39 is 10.2 Å². The van der Waals surface area contributed by atoms with Crippen LogP contribution in [0.25, 0.3) is 0 Å². The number of anilines is 1. The Kier molecular flexibility index (Phi) is 5.13. The average Bonchev–Trinajstić information content (AvgIpc) is 3.22. The highest BCUT2D eigenvalue weighted by Gasteiger charge is 2.35. The first-order chi connectivity index (χ1) is 12.6. The molecule has 2 saturated heterocycles. The Hall–Kier alpha value is -1.29. The van der Waals surface area contributed by atoms with Crippen molar-refractivity contribution in [2.75, 3.05) is 45.1 Å². The Morgan fingerprint density at radius 1 is 1.12 bits per heavy atom. The monoisotopic (exact) mass is 380 g/mol. The molecule has 4 heterocycles. The van der Waals surface area contributed by atoms with Crippen LogP contribution < -0.4 is 10.6 Å². The lowest BCUT2D eigenvalue weighted by molar-refractivity contribution is 0.293. The summed E-state index contributed by atoms with van der Waals surface area (Å²) in [6.45, 7) is 3.98. The zero-order chi connectivity index (χ0) is 18.1. The lowest BCUT2D eigenvalue weighted by atomic mass is 10.0. The smallest absolute Gasteiger partial charge is 0.282 e. The zero-order valence-electron chi connectivity index (χ0n) is 15.4. The van der Waals surface area contributed by atoms with E-state index in [1.54, 1.807) is 8.61 Å². The van der Waals surface area contributed by atoms with Gasteiger partial charge in [0.2, 0.25) is 0 Å². The van der Waals surface area contributed by atoms with Gasteiger partial charge in [0.25, 0.3) is 10.2 Å². The third kappa shape index (κ3) is 3.33. The minimum Gasteiger partial charge on any atom is -0.373 e. The molecule has 3 aliphatic rings. The Balaban J connectivity index is 1.61. The Labute approximate surface area is 155 Å². The van der Waals surface area contributed by atoms with E-state index in [2.05, 4.69) is 10.6 Å². The van der Waals surface area contributed by atoms with E-state index in [0.29, 0.717) is 38.5 Å². The van der Waals surface area contributed by atoms with E-state index >= 15 is 0 Å². The molecule has 9 heteroatoms. The van der Waals surface area contributed by atoms with Crippen molar-refractivity contribution < 1.29 is 8.42 Å². The van der Waals surface area contributed by atoms with E-state index in [4.69, 9.17) is 9.97 Å². The van der Waals surface area contributed by atoms with Crippen LogP contribution in [0.15, 0.2) is 0 Å². The second-order valence-electron chi connectivity index (χ2n) is 7.35. The summed E-state index contributed by atoms with van der Waals surface area (Å²) in [5, 5.41) is 6.54. The number of fused-ring (bicyclic) bond motifs is 1. The Morgan fingerprint density at radius 3 is 2.62 bits per heavy atom. The summed E-state index contributed by atoms with van der Waals surface area (Å²) in [5.41, 5.74) is 1.92. The predicted molar refractivity (Wildman–Crippen MR) is 100 cm³/mol. The first-order valence-corrected chi connectivity index (χ1v) is 11.0. The summed E-state index contributed by atoms with van der Waals surface area (Å²) in [6, 6.07) is 0. The van der Waals surface area contributed by atoms with Gasteiger partial charge in [-0.15, -0.1) is 0 Å². The van der Waals surface area contributed by atoms with Crippen LogP contribution in [0.2, 0.25) is 0 Å². The van der Waals surface area contributed by atoms with Crippen molar-refractivity contribution in [3.8, 4) is 0 Å². The van der Waals surface area contributed by atoms with Crippen molar-refractivity contribution in [1.82, 2.24) is 23.9 Å². The van der Waals surface area contributed by atoms with Crippen molar-refractivity contribution in [3.05, 3.63) is 17.1 Å². The molecule has 2 N–H and O–H groups in total. The van der Waals surface area contributed by atoms with Gasteiger partial charge >= 0.3 is 0 Å². The van der Waals surface area contributed by atoms with E-state index in [0.717, 1.165) is 61.7 Å². The maximum atomic E-state index is 13.0. The van der Waals surface area contributed by atoms with Gasteiger partial charge < -0.3 is 10.6 Å². The highest BCUT2D eigenvalue weighted by atomic mass is 32.2. The van der Waals surface area contributed by atoms with Crippen LogP contribution in [0.4, 0.5) is 5.82 Å². The molecule has 26 heavy (non-hydrogen) atoms. The second-order valence-corrected chi connectivity index (χ2v) is 9.27. The molecule has 4 rings (SSSR count). The van der Waals surface area contributed by atoms with E-state index in [1.807, 2.05) is 7.05 Å². The lowest BCUT2D eigenvalue weighted by Gasteiger charge is -2.34. The number of hydrogen-bond acceptors (Lipinski definition) is 6. The molecule has 1 atom stereocenters. The first kappa shape index (κ1) is 18.1. The molecule has 0 amide bonds. The topological polar surface area (TPSA) is 90.5 Å². The molecule has 0 saturated carbocycles. The number of hydrogen-bond donors (Lipinski definition) is 2. The Morgan fingerprint density at radius 2 is 1.92 bits per heavy atom. The van der Waals surface area contributed by atoms with Crippen LogP contribution in [-0.2, 0) is 23.2 Å². The highest BCUT2D eigenvalue weighted by Crippen LogP contribution is 2.29. The van der Waals surface area contributed by atoms with Gasteiger partial charge in [-0.3, -0.25) is 0 Å². The summed E-state index contributed by atoms with van der Waals surface area (Å²) in [5.74, 6) is 1.99. The SMILES string of the molecule is CNc1nc([C@@H]2CCNC2)nc2c1CCN(S(=O)(=O)N1CCCCC1)C2. The van der Waals surface area contributed by atoms with Crippen molar-refractivity contribution in [2.45, 2.75) is 44.6 Å². The predicted octanol–water partition coefficient (Wildman–Crippen LogP) is 0.684. The quantitative estimate of drug-likeness (QED) is 0.799. The lowest BCUT2D eigenvalue weighted by Crippen LogP contribution is -2.47. The number of nitrogens with one attached hydrogen (secondary N) is 2. The summed E-state index contributed by atoms with van der Waals surface area (Å²) < 4.78 is 29.3. The number of aromatic nitrogens is 2. The minimum absolute atomic E-state index is 0.307. The maximum absolute atomic E-state index is 13.0. The summed E-state index contributed by atoms with van der Waals surface area (Å²) in [6.07, 6.45) is 4.70. The third-order valence-electron chi connectivity index (χ3n) is 5.68. The fraction of sp³-hybridized carbons (Fsp3) is 0.765. The van der Waals surface area contributed by atoms with Crippen LogP contribution in [0.3, 0.4) is 0 Å². The van der Waals surface area contributed by atoms with Crippen LogP contribution in [0.1, 0.15) is 48.7 Å². The van der Waals surface area contributed by atoms with E-state index in [-0.39, 0.29) is 0 Å². The molecule has 0 bridgehead atoms. The molecular formula is C17H28N6O2S. The van der Waals surface area contributed by atoms with Crippen LogP contribution in [0, 0.1) is 0 Å². The molecule has 3 aliphatic heterocycles. The molecular weight excluding hydrogens is 352 g/mol. The fourth-order valence-electron chi connectivity index (χ4n) is 4.15. The molecule has 1 aromatic rings. The van der Waals surface area contributed by atoms with Crippen LogP contribution in [-0.4, -0.2) is 66.8 Å². The molecule has 144 valence electrons. The first-order valence-electron chi connectivity index (χ1n) is 9.63. The molecule has 0 spiro atoms. The number of nitrogens with zero attached hydrogens (tertiary/aromatic N) is 4. The number of rotatable bonds is 4. The van der Waals surface area contributed by atoms with Crippen molar-refractivity contribution in [3.63, 3.8) is 0 Å². The zero-order valence-corrected chi connectivity index (χ0v) is 16.2. The number of piperidine rings is 1. The highest BCUT2D eigenvalue weighted by molar-refractivity contribution is 7.86. The largest absolute Gasteiger partial charge is 0.373 e. The van der Waals surface area contributed by atoms with Crippen LogP contribution in [0.5, 0.6) is 0 Å². The molecule has 0 aliphatic carbocycles. The minimum atomic E-state index is -3.41. The Bertz CT molecular complexity index is 757. The van der Waals surface area contributed by atoms with Gasteiger partial charge in [0.15, 0.2) is 0 Å². The fourth-order valence-corrected chi connectivity index (χ4v) is 5.80. The second kappa shape index (κ2) is 7.38. The summed E-state index contributed by atoms with van der Waals surface area (Å²) in [7, 11) is -1.53. The normalized spacial score (nSPS) is 25.2. The molecule has 8 nitrogen and oxygen atoms in total. The molecule has 1 aromatic heterocycles. The molecule has 2 fully saturated rings. The molecule has 0 aromatic carbocycles. The maximum Gasteiger partial charge on any atom is 0.282 e. The summed E-state index contributed by atoms with van der Waals surface area (Å²) >= 11 is 0. The summed E-state index contributed by atoms with van der Waals surface area (Å²) in [4.78, 5) is 9.52. The van der Waals surface area contributed by atoms with Crippen molar-refractivity contribution in [1.29, 1.82) is 0 Å².